The molecule has 0 spiro atoms. The maximum atomic E-state index is 12.2. The fourth-order valence-corrected chi connectivity index (χ4v) is 9.64. The summed E-state index contributed by atoms with van der Waals surface area (Å²) in [6.07, 6.45) is 3.96. The van der Waals surface area contributed by atoms with Gasteiger partial charge in [-0.15, -0.1) is 0 Å². The average Bonchev–Trinajstić information content (AvgIpc) is 1.65. The van der Waals surface area contributed by atoms with Gasteiger partial charge in [-0.05, 0) is 155 Å². The highest BCUT2D eigenvalue weighted by molar-refractivity contribution is 6.21. The number of rotatable bonds is 29. The summed E-state index contributed by atoms with van der Waals surface area (Å²) < 4.78 is 9.61. The molecule has 7 amide bonds. The van der Waals surface area contributed by atoms with Crippen molar-refractivity contribution in [2.75, 3.05) is 56.6 Å². The number of benzene rings is 7. The molecule has 0 saturated carbocycles. The van der Waals surface area contributed by atoms with E-state index < -0.39 is 11.9 Å². The van der Waals surface area contributed by atoms with Gasteiger partial charge in [-0.25, -0.2) is 14.8 Å². The highest BCUT2D eigenvalue weighted by Crippen LogP contribution is 2.31. The minimum absolute atomic E-state index is 0.0412. The molecule has 8 aromatic rings. The van der Waals surface area contributed by atoms with E-state index in [-0.39, 0.29) is 113 Å². The summed E-state index contributed by atoms with van der Waals surface area (Å²) in [6, 6.07) is 61.4. The molecule has 2 heterocycles. The normalized spacial score (nSPS) is 13.4. The minimum Gasteiger partial charge on any atom is -0.456 e. The van der Waals surface area contributed by atoms with Crippen molar-refractivity contribution in [3.63, 3.8) is 0 Å². The predicted octanol–water partition coefficient (Wildman–Crippen LogP) is 17.2. The second kappa shape index (κ2) is 48.7. The molecule has 1 saturated heterocycles. The second-order valence-corrected chi connectivity index (χ2v) is 29.0. The van der Waals surface area contributed by atoms with Gasteiger partial charge in [0.2, 0.25) is 47.3 Å². The summed E-state index contributed by atoms with van der Waals surface area (Å²) >= 11 is 0. The Hall–Kier alpha value is -12.0. The highest BCUT2D eigenvalue weighted by atomic mass is 16.5. The second-order valence-electron chi connectivity index (χ2n) is 29.0. The zero-order chi connectivity index (χ0) is 84.5. The molecule has 608 valence electrons. The van der Waals surface area contributed by atoms with Crippen molar-refractivity contribution in [3.05, 3.63) is 234 Å². The molecule has 23 nitrogen and oxygen atoms in total. The molecular weight excluding hydrogens is 1440 g/mol. The number of hydrogen-bond donors (Lipinski definition) is 7. The molecule has 7 aromatic carbocycles. The lowest BCUT2D eigenvalue weighted by molar-refractivity contribution is -0.143. The molecular formula is C91H116N10O13. The topological polar surface area (TPSA) is 319 Å². The standard InChI is InChI=1S/C19H26N4O.C19H24N2O.2C15H19NO4.C12H13NO2.C11H15NO/c1-6-19(4,5)17(24)23-16-9-7-15(8-10-16)12-20-18-21-13(2)11-14(3)22-18;1-4-19(2,3)18(22)21-17-12-10-15(11-13-17)14-20-16-8-6-5-7-9-16;1-4-10(2)14(18)16-13-7-5-12(6-8-13)15(19)20-9-11(3)17;1-3-11(2)15(19)16-9-14(18)20-10-13(17)12-7-5-4-6-8-12;1-8-9(2)12(15)13(11(8)14)10-6-4-3-5-7-10;1-3-9(2)11(13)12-10-7-5-4-6-8-10/h7-11H,6,12H2,1-5H3,(H,23,24)(H,20,21,22);5-13,20H,4,14H2,1-3H3,(H,21,22);5-8,10H,4,9H2,1-3H3,(H,16,18);4-8,11H,3,9-10H2,1-2H3,(H,16,19);3-9H,1-2H3;4-9H,3H2,1-2H3,(H,12,13)/t;;10-;11-;8-,9+;9-/m..00.0/s1. The summed E-state index contributed by atoms with van der Waals surface area (Å²) in [4.78, 5) is 138. The van der Waals surface area contributed by atoms with E-state index >= 15 is 0 Å². The smallest absolute Gasteiger partial charge is 0.338 e. The maximum Gasteiger partial charge on any atom is 0.338 e. The van der Waals surface area contributed by atoms with Gasteiger partial charge in [0.25, 0.3) is 0 Å². The molecule has 0 bridgehead atoms. The zero-order valence-electron chi connectivity index (χ0n) is 69.2. The lowest BCUT2D eigenvalue weighted by Crippen LogP contribution is -2.34. The van der Waals surface area contributed by atoms with E-state index in [9.17, 15) is 52.7 Å². The van der Waals surface area contributed by atoms with Crippen molar-refractivity contribution in [1.82, 2.24) is 15.3 Å². The average molecular weight is 1560 g/mol. The van der Waals surface area contributed by atoms with Crippen LogP contribution in [-0.2, 0) is 65.7 Å². The molecule has 114 heavy (non-hydrogen) atoms. The van der Waals surface area contributed by atoms with E-state index in [0.29, 0.717) is 41.4 Å². The van der Waals surface area contributed by atoms with Gasteiger partial charge in [0.05, 0.1) is 11.3 Å². The van der Waals surface area contributed by atoms with Crippen molar-refractivity contribution in [3.8, 4) is 0 Å². The summed E-state index contributed by atoms with van der Waals surface area (Å²) in [6.45, 7) is 32.7. The third kappa shape index (κ3) is 33.5. The van der Waals surface area contributed by atoms with Crippen molar-refractivity contribution in [2.24, 2.45) is 40.4 Å². The molecule has 1 fully saturated rings. The number of aromatic nitrogens is 2. The van der Waals surface area contributed by atoms with Gasteiger partial charge in [-0.3, -0.25) is 52.8 Å². The Balaban J connectivity index is 0.000000291. The van der Waals surface area contributed by atoms with Crippen LogP contribution in [0.4, 0.5) is 40.1 Å². The molecule has 1 aliphatic rings. The quantitative estimate of drug-likeness (QED) is 0.0130. The first kappa shape index (κ1) is 94.4. The van der Waals surface area contributed by atoms with Crippen LogP contribution in [0.1, 0.15) is 179 Å². The Morgan fingerprint density at radius 1 is 0.447 bits per heavy atom. The summed E-state index contributed by atoms with van der Waals surface area (Å²) in [5.74, 6) is -1.82. The van der Waals surface area contributed by atoms with E-state index in [2.05, 4.69) is 47.2 Å². The Morgan fingerprint density at radius 2 is 0.825 bits per heavy atom. The van der Waals surface area contributed by atoms with Gasteiger partial charge in [0.1, 0.15) is 13.2 Å². The number of nitrogens with zero attached hydrogens (tertiary/aromatic N) is 3. The Kier molecular flexibility index (Phi) is 40.3. The van der Waals surface area contributed by atoms with Crippen LogP contribution in [0.2, 0.25) is 0 Å². The SMILES string of the molecule is CCC(C)(C)C(=O)Nc1ccc(CNc2ccccc2)cc1.CCC(C)(C)C(=O)Nc1ccc(CNc2nc(C)cc(C)n2)cc1.CC[C@H](C)C(=O)NCC(=O)OCC(=O)c1ccccc1.CC[C@H](C)C(=O)Nc1ccc(C(=O)OCC(C)=O)cc1.CC[C@H](C)C(=O)Nc1ccccc1.C[C@@H]1C(=O)N(c2ccccc2)C(=O)[C@@H]1C. The van der Waals surface area contributed by atoms with Crippen molar-refractivity contribution < 1.29 is 62.2 Å². The molecule has 23 heteroatoms. The van der Waals surface area contributed by atoms with Crippen LogP contribution in [0.15, 0.2) is 200 Å². The van der Waals surface area contributed by atoms with Crippen LogP contribution < -0.4 is 42.1 Å². The third-order valence-corrected chi connectivity index (χ3v) is 19.0. The van der Waals surface area contributed by atoms with E-state index in [0.717, 1.165) is 71.9 Å². The number of amides is 7. The third-order valence-electron chi connectivity index (χ3n) is 19.0. The molecule has 1 aliphatic heterocycles. The van der Waals surface area contributed by atoms with Crippen LogP contribution in [-0.4, -0.2) is 94.6 Å². The summed E-state index contributed by atoms with van der Waals surface area (Å²) in [7, 11) is 0. The van der Waals surface area contributed by atoms with Crippen molar-refractivity contribution in [2.45, 2.75) is 163 Å². The molecule has 0 aliphatic carbocycles. The highest BCUT2D eigenvalue weighted by Gasteiger charge is 2.43. The molecule has 5 atom stereocenters. The van der Waals surface area contributed by atoms with E-state index in [4.69, 9.17) is 9.47 Å². The number of ether oxygens (including phenoxy) is 2. The van der Waals surface area contributed by atoms with Crippen molar-refractivity contribution >= 4 is 105 Å². The molecule has 1 aromatic heterocycles. The molecule has 9 rings (SSSR count). The van der Waals surface area contributed by atoms with Gasteiger partial charge in [-0.2, -0.15) is 0 Å². The number of anilines is 7. The zero-order valence-corrected chi connectivity index (χ0v) is 69.2. The van der Waals surface area contributed by atoms with E-state index in [1.165, 1.54) is 17.4 Å². The predicted molar refractivity (Wildman–Crippen MR) is 452 cm³/mol. The monoisotopic (exact) mass is 1560 g/mol. The number of aryl methyl sites for hydroxylation is 2. The summed E-state index contributed by atoms with van der Waals surface area (Å²) in [5, 5.41) is 20.6. The van der Waals surface area contributed by atoms with Crippen molar-refractivity contribution in [1.29, 1.82) is 0 Å². The lowest BCUT2D eigenvalue weighted by Gasteiger charge is -2.21. The van der Waals surface area contributed by atoms with Gasteiger partial charge >= 0.3 is 11.9 Å². The van der Waals surface area contributed by atoms with E-state index in [1.54, 1.807) is 87.5 Å². The van der Waals surface area contributed by atoms with Gasteiger partial charge < -0.3 is 46.7 Å². The number of carbonyl (C=O) groups is 11. The number of para-hydroxylation sites is 3. The molecule has 0 radical (unpaired) electrons. The van der Waals surface area contributed by atoms with Gasteiger partial charge in [-0.1, -0.05) is 206 Å². The number of esters is 2. The van der Waals surface area contributed by atoms with Gasteiger partial charge in [0, 0.05) is 98.9 Å². The Labute approximate surface area is 672 Å². The minimum atomic E-state index is -0.620. The van der Waals surface area contributed by atoms with Crippen LogP contribution in [0.3, 0.4) is 0 Å². The fourth-order valence-electron chi connectivity index (χ4n) is 9.64. The number of Topliss-reactive ketones (excluding diaryl/α,β-unsaturated/α-hetero) is 2. The van der Waals surface area contributed by atoms with Crippen LogP contribution >= 0.6 is 0 Å². The maximum absolute atomic E-state index is 12.2. The Morgan fingerprint density at radius 3 is 1.25 bits per heavy atom. The molecule has 0 unspecified atom stereocenters. The number of ketones is 2. The number of carbonyl (C=O) groups excluding carboxylic acids is 11. The lowest BCUT2D eigenvalue weighted by atomic mass is 9.89. The van der Waals surface area contributed by atoms with Crippen LogP contribution in [0.5, 0.6) is 0 Å². The number of nitrogens with one attached hydrogen (secondary N) is 7. The number of imide groups is 1. The number of hydrogen-bond acceptors (Lipinski definition) is 17. The first-order chi connectivity index (χ1) is 54.1. The van der Waals surface area contributed by atoms with Gasteiger partial charge in [0.15, 0.2) is 18.2 Å². The van der Waals surface area contributed by atoms with Crippen LogP contribution in [0, 0.1) is 54.3 Å². The largest absolute Gasteiger partial charge is 0.456 e. The first-order valence-corrected chi connectivity index (χ1v) is 38.7. The molecule has 7 N–H and O–H groups in total. The van der Waals surface area contributed by atoms with E-state index in [1.807, 2.05) is 223 Å². The Bertz CT molecular complexity index is 4330. The summed E-state index contributed by atoms with van der Waals surface area (Å²) in [5.41, 5.74) is 9.22. The first-order valence-electron chi connectivity index (χ1n) is 38.7. The van der Waals surface area contributed by atoms with Crippen LogP contribution in [0.25, 0.3) is 0 Å². The fraction of sp³-hybridized carbons (Fsp3) is 0.374.